The number of rotatable bonds is 7. The minimum atomic E-state index is -0.382. The summed E-state index contributed by atoms with van der Waals surface area (Å²) < 4.78 is 0. The van der Waals surface area contributed by atoms with Crippen LogP contribution in [-0.4, -0.2) is 22.0 Å². The standard InChI is InChI=1S/C20H25N3O2S/c1-4-5-7-16-10-12-18(13-11-16)21-20(26)22(3)15(2)17-8-6-9-19(14-17)23(24)25/h6,8-15H,4-5,7H2,1-3H3,(H,21,26)/t15-/m1/s1. The number of non-ortho nitro benzene ring substituents is 1. The van der Waals surface area contributed by atoms with Gasteiger partial charge in [-0.15, -0.1) is 0 Å². The Bertz CT molecular complexity index is 762. The lowest BCUT2D eigenvalue weighted by atomic mass is 10.1. The van der Waals surface area contributed by atoms with Crippen molar-refractivity contribution >= 4 is 28.7 Å². The van der Waals surface area contributed by atoms with E-state index in [1.165, 1.54) is 24.5 Å². The van der Waals surface area contributed by atoms with Crippen molar-refractivity contribution in [2.75, 3.05) is 12.4 Å². The third-order valence-corrected chi connectivity index (χ3v) is 4.88. The molecule has 0 unspecified atom stereocenters. The average molecular weight is 372 g/mol. The van der Waals surface area contributed by atoms with Gasteiger partial charge < -0.3 is 10.2 Å². The van der Waals surface area contributed by atoms with E-state index in [2.05, 4.69) is 24.4 Å². The van der Waals surface area contributed by atoms with Crippen molar-refractivity contribution in [1.82, 2.24) is 4.90 Å². The molecule has 0 radical (unpaired) electrons. The van der Waals surface area contributed by atoms with Crippen LogP contribution in [0.15, 0.2) is 48.5 Å². The van der Waals surface area contributed by atoms with Gasteiger partial charge in [-0.1, -0.05) is 37.6 Å². The van der Waals surface area contributed by atoms with Crippen molar-refractivity contribution < 1.29 is 4.92 Å². The number of hydrogen-bond acceptors (Lipinski definition) is 3. The number of benzene rings is 2. The summed E-state index contributed by atoms with van der Waals surface area (Å²) in [5, 5.41) is 14.8. The molecule has 138 valence electrons. The van der Waals surface area contributed by atoms with Gasteiger partial charge in [0.05, 0.1) is 11.0 Å². The Hall–Kier alpha value is -2.47. The highest BCUT2D eigenvalue weighted by atomic mass is 32.1. The first-order valence-electron chi connectivity index (χ1n) is 8.79. The van der Waals surface area contributed by atoms with Crippen LogP contribution in [0.4, 0.5) is 11.4 Å². The van der Waals surface area contributed by atoms with Crippen molar-refractivity contribution in [3.63, 3.8) is 0 Å². The van der Waals surface area contributed by atoms with E-state index < -0.39 is 0 Å². The van der Waals surface area contributed by atoms with Crippen LogP contribution >= 0.6 is 12.2 Å². The molecule has 0 fully saturated rings. The van der Waals surface area contributed by atoms with E-state index in [9.17, 15) is 10.1 Å². The molecule has 2 rings (SSSR count). The van der Waals surface area contributed by atoms with Crippen molar-refractivity contribution in [3.8, 4) is 0 Å². The normalized spacial score (nSPS) is 11.7. The number of anilines is 1. The number of nitrogens with one attached hydrogen (secondary N) is 1. The second kappa shape index (κ2) is 9.29. The quantitative estimate of drug-likeness (QED) is 0.405. The molecule has 0 saturated carbocycles. The molecule has 0 aliphatic heterocycles. The summed E-state index contributed by atoms with van der Waals surface area (Å²) in [5.41, 5.74) is 3.19. The molecule has 6 heteroatoms. The fraction of sp³-hybridized carbons (Fsp3) is 0.350. The van der Waals surface area contributed by atoms with Crippen molar-refractivity contribution in [1.29, 1.82) is 0 Å². The topological polar surface area (TPSA) is 58.4 Å². The summed E-state index contributed by atoms with van der Waals surface area (Å²) in [6.07, 6.45) is 3.46. The lowest BCUT2D eigenvalue weighted by Gasteiger charge is -2.28. The Morgan fingerprint density at radius 1 is 1.27 bits per heavy atom. The van der Waals surface area contributed by atoms with Gasteiger partial charge >= 0.3 is 0 Å². The van der Waals surface area contributed by atoms with Gasteiger partial charge in [-0.25, -0.2) is 0 Å². The lowest BCUT2D eigenvalue weighted by Crippen LogP contribution is -2.33. The Labute approximate surface area is 160 Å². The van der Waals surface area contributed by atoms with Crippen LogP contribution in [0.2, 0.25) is 0 Å². The zero-order chi connectivity index (χ0) is 19.1. The molecule has 0 aromatic heterocycles. The molecule has 0 saturated heterocycles. The predicted molar refractivity (Wildman–Crippen MR) is 111 cm³/mol. The molecular weight excluding hydrogens is 346 g/mol. The predicted octanol–water partition coefficient (Wildman–Crippen LogP) is 5.33. The van der Waals surface area contributed by atoms with Crippen LogP contribution in [0.1, 0.15) is 43.9 Å². The summed E-state index contributed by atoms with van der Waals surface area (Å²) in [4.78, 5) is 12.5. The fourth-order valence-electron chi connectivity index (χ4n) is 2.65. The maximum atomic E-state index is 11.0. The van der Waals surface area contributed by atoms with E-state index in [1.54, 1.807) is 12.1 Å². The highest BCUT2D eigenvalue weighted by Gasteiger charge is 2.17. The summed E-state index contributed by atoms with van der Waals surface area (Å²) in [6, 6.07) is 14.9. The van der Waals surface area contributed by atoms with E-state index in [0.29, 0.717) is 5.11 Å². The molecular formula is C20H25N3O2S. The van der Waals surface area contributed by atoms with Crippen LogP contribution in [0.25, 0.3) is 0 Å². The van der Waals surface area contributed by atoms with Crippen LogP contribution < -0.4 is 5.32 Å². The van der Waals surface area contributed by atoms with Gasteiger partial charge in [-0.2, -0.15) is 0 Å². The van der Waals surface area contributed by atoms with Gasteiger partial charge in [-0.05, 0) is 55.2 Å². The van der Waals surface area contributed by atoms with Crippen LogP contribution in [0.5, 0.6) is 0 Å². The van der Waals surface area contributed by atoms with Crippen molar-refractivity contribution in [3.05, 3.63) is 69.8 Å². The Kier molecular flexibility index (Phi) is 7.09. The van der Waals surface area contributed by atoms with Crippen LogP contribution in [0, 0.1) is 10.1 Å². The first-order chi connectivity index (χ1) is 12.4. The molecule has 0 heterocycles. The third kappa shape index (κ3) is 5.26. The van der Waals surface area contributed by atoms with Gasteiger partial charge in [0.1, 0.15) is 0 Å². The monoisotopic (exact) mass is 371 g/mol. The molecule has 0 bridgehead atoms. The number of thiocarbonyl (C=S) groups is 1. The van der Waals surface area contributed by atoms with Crippen LogP contribution in [-0.2, 0) is 6.42 Å². The summed E-state index contributed by atoms with van der Waals surface area (Å²) >= 11 is 5.50. The van der Waals surface area contributed by atoms with E-state index in [0.717, 1.165) is 17.7 Å². The summed E-state index contributed by atoms with van der Waals surface area (Å²) in [5.74, 6) is 0. The van der Waals surface area contributed by atoms with Crippen molar-refractivity contribution in [2.24, 2.45) is 0 Å². The smallest absolute Gasteiger partial charge is 0.269 e. The van der Waals surface area contributed by atoms with Gasteiger partial charge in [0.2, 0.25) is 0 Å². The largest absolute Gasteiger partial charge is 0.345 e. The third-order valence-electron chi connectivity index (χ3n) is 4.49. The number of aryl methyl sites for hydroxylation is 1. The first kappa shape index (κ1) is 19.8. The summed E-state index contributed by atoms with van der Waals surface area (Å²) in [7, 11) is 1.88. The fourth-order valence-corrected chi connectivity index (χ4v) is 2.92. The number of unbranched alkanes of at least 4 members (excludes halogenated alkanes) is 1. The van der Waals surface area contributed by atoms with E-state index in [1.807, 2.05) is 37.1 Å². The molecule has 5 nitrogen and oxygen atoms in total. The maximum absolute atomic E-state index is 11.0. The number of nitrogens with zero attached hydrogens (tertiary/aromatic N) is 2. The average Bonchev–Trinajstić information content (AvgIpc) is 2.66. The molecule has 0 spiro atoms. The van der Waals surface area contributed by atoms with Gasteiger partial charge in [0.25, 0.3) is 5.69 Å². The number of hydrogen-bond donors (Lipinski definition) is 1. The Balaban J connectivity index is 2.02. The van der Waals surface area contributed by atoms with Crippen molar-refractivity contribution in [2.45, 2.75) is 39.2 Å². The Morgan fingerprint density at radius 2 is 1.96 bits per heavy atom. The second-order valence-corrected chi connectivity index (χ2v) is 6.76. The lowest BCUT2D eigenvalue weighted by molar-refractivity contribution is -0.384. The van der Waals surface area contributed by atoms with E-state index >= 15 is 0 Å². The first-order valence-corrected chi connectivity index (χ1v) is 9.20. The highest BCUT2D eigenvalue weighted by Crippen LogP contribution is 2.24. The molecule has 26 heavy (non-hydrogen) atoms. The number of nitro groups is 1. The molecule has 0 aliphatic rings. The van der Waals surface area contributed by atoms with E-state index in [-0.39, 0.29) is 16.7 Å². The molecule has 0 amide bonds. The molecule has 2 aromatic rings. The van der Waals surface area contributed by atoms with Crippen LogP contribution in [0.3, 0.4) is 0 Å². The van der Waals surface area contributed by atoms with Gasteiger partial charge in [0.15, 0.2) is 5.11 Å². The molecule has 0 aliphatic carbocycles. The highest BCUT2D eigenvalue weighted by molar-refractivity contribution is 7.80. The van der Waals surface area contributed by atoms with Gasteiger partial charge in [-0.3, -0.25) is 10.1 Å². The Morgan fingerprint density at radius 3 is 2.58 bits per heavy atom. The molecule has 1 atom stereocenters. The van der Waals surface area contributed by atoms with E-state index in [4.69, 9.17) is 12.2 Å². The minimum Gasteiger partial charge on any atom is -0.345 e. The minimum absolute atomic E-state index is 0.0845. The molecule has 1 N–H and O–H groups in total. The summed E-state index contributed by atoms with van der Waals surface area (Å²) in [6.45, 7) is 4.16. The van der Waals surface area contributed by atoms with Gasteiger partial charge in [0, 0.05) is 24.9 Å². The SMILES string of the molecule is CCCCc1ccc(NC(=S)N(C)[C@H](C)c2cccc([N+](=O)[O-])c2)cc1. The number of nitro benzene ring substituents is 1. The maximum Gasteiger partial charge on any atom is 0.269 e. The zero-order valence-electron chi connectivity index (χ0n) is 15.4. The second-order valence-electron chi connectivity index (χ2n) is 6.37. The zero-order valence-corrected chi connectivity index (χ0v) is 16.3. The molecule has 2 aromatic carbocycles.